The molecule has 0 saturated heterocycles. The van der Waals surface area contributed by atoms with Crippen LogP contribution in [0.3, 0.4) is 0 Å². The van der Waals surface area contributed by atoms with E-state index in [1.807, 2.05) is 24.3 Å². The fourth-order valence-corrected chi connectivity index (χ4v) is 5.04. The summed E-state index contributed by atoms with van der Waals surface area (Å²) in [7, 11) is 0.144. The van der Waals surface area contributed by atoms with E-state index in [1.54, 1.807) is 17.8 Å². The summed E-state index contributed by atoms with van der Waals surface area (Å²) in [6.07, 6.45) is 18.5. The monoisotopic (exact) mass is 403 g/mol. The fourth-order valence-electron chi connectivity index (χ4n) is 2.41. The summed E-state index contributed by atoms with van der Waals surface area (Å²) >= 11 is 1.76. The number of thioether (sulfide) groups is 1. The standard InChI is InChI=1S/C26H27S2/c1-3-5-6-7-14-22-28(26-20-12-9-13-21-26)23-15-19-24(16-4-2)27-25-17-10-8-11-18-25/h3-21H,1-2,22-23H2/q+1/b6-5-,14-7-,19-15-,24-16+. The molecule has 0 heterocycles. The van der Waals surface area contributed by atoms with E-state index in [1.165, 1.54) is 14.7 Å². The van der Waals surface area contributed by atoms with Gasteiger partial charge in [0.25, 0.3) is 0 Å². The van der Waals surface area contributed by atoms with Crippen LogP contribution < -0.4 is 0 Å². The van der Waals surface area contributed by atoms with Gasteiger partial charge in [-0.05, 0) is 48.6 Å². The van der Waals surface area contributed by atoms with Crippen LogP contribution in [0.5, 0.6) is 0 Å². The molecule has 0 aromatic heterocycles. The van der Waals surface area contributed by atoms with Crippen LogP contribution in [0.1, 0.15) is 0 Å². The summed E-state index contributed by atoms with van der Waals surface area (Å²) in [4.78, 5) is 3.83. The van der Waals surface area contributed by atoms with Crippen LogP contribution in [0, 0.1) is 0 Å². The Hall–Kier alpha value is -2.42. The van der Waals surface area contributed by atoms with Crippen LogP contribution in [0.2, 0.25) is 0 Å². The number of hydrogen-bond donors (Lipinski definition) is 0. The van der Waals surface area contributed by atoms with Crippen molar-refractivity contribution in [1.82, 2.24) is 0 Å². The van der Waals surface area contributed by atoms with Crippen molar-refractivity contribution in [2.75, 3.05) is 11.5 Å². The van der Waals surface area contributed by atoms with E-state index >= 15 is 0 Å². The zero-order chi connectivity index (χ0) is 19.9. The molecule has 2 aromatic rings. The van der Waals surface area contributed by atoms with Gasteiger partial charge >= 0.3 is 0 Å². The normalized spacial score (nSPS) is 13.4. The molecule has 0 nitrogen and oxygen atoms in total. The second-order valence-corrected chi connectivity index (χ2v) is 9.08. The highest BCUT2D eigenvalue weighted by Gasteiger charge is 2.17. The van der Waals surface area contributed by atoms with Crippen LogP contribution in [-0.4, -0.2) is 11.5 Å². The average molecular weight is 404 g/mol. The molecule has 142 valence electrons. The number of hydrogen-bond acceptors (Lipinski definition) is 1. The van der Waals surface area contributed by atoms with Gasteiger partial charge in [0.1, 0.15) is 11.5 Å². The largest absolute Gasteiger partial charge is 0.155 e. The molecule has 2 heteroatoms. The summed E-state index contributed by atoms with van der Waals surface area (Å²) in [6.45, 7) is 7.55. The fraction of sp³-hybridized carbons (Fsp3) is 0.0769. The molecule has 2 aromatic carbocycles. The van der Waals surface area contributed by atoms with Gasteiger partial charge in [-0.15, -0.1) is 0 Å². The van der Waals surface area contributed by atoms with Crippen LogP contribution in [0.15, 0.2) is 143 Å². The number of benzene rings is 2. The molecular formula is C26H27S2+. The van der Waals surface area contributed by atoms with Gasteiger partial charge in [0.2, 0.25) is 0 Å². The molecule has 0 spiro atoms. The quantitative estimate of drug-likeness (QED) is 0.214. The molecule has 0 N–H and O–H groups in total. The van der Waals surface area contributed by atoms with Gasteiger partial charge in [0.15, 0.2) is 4.90 Å². The highest BCUT2D eigenvalue weighted by Crippen LogP contribution is 2.27. The smallest absolute Gasteiger partial charge is 0.0991 e. The summed E-state index contributed by atoms with van der Waals surface area (Å²) in [5.74, 6) is 2.05. The Labute approximate surface area is 177 Å². The van der Waals surface area contributed by atoms with Crippen molar-refractivity contribution in [1.29, 1.82) is 0 Å². The van der Waals surface area contributed by atoms with Crippen molar-refractivity contribution in [2.45, 2.75) is 9.79 Å². The summed E-state index contributed by atoms with van der Waals surface area (Å²) in [5.41, 5.74) is 0. The van der Waals surface area contributed by atoms with Crippen molar-refractivity contribution in [2.24, 2.45) is 0 Å². The molecule has 0 bridgehead atoms. The molecule has 0 aliphatic carbocycles. The lowest BCUT2D eigenvalue weighted by atomic mass is 10.4. The maximum absolute atomic E-state index is 3.85. The molecule has 0 saturated carbocycles. The Bertz CT molecular complexity index is 827. The van der Waals surface area contributed by atoms with Gasteiger partial charge in [-0.25, -0.2) is 0 Å². The molecule has 0 radical (unpaired) electrons. The van der Waals surface area contributed by atoms with Gasteiger partial charge in [0.05, 0.1) is 0 Å². The van der Waals surface area contributed by atoms with Gasteiger partial charge < -0.3 is 0 Å². The minimum absolute atomic E-state index is 0.144. The SMILES string of the molecule is C=C/C=C\C=C/C[S+](C/C=C\C(=C/C=C)Sc1ccccc1)c1ccccc1. The predicted molar refractivity (Wildman–Crippen MR) is 130 cm³/mol. The third kappa shape index (κ3) is 8.51. The summed E-state index contributed by atoms with van der Waals surface area (Å²) in [6, 6.07) is 21.2. The first-order valence-electron chi connectivity index (χ1n) is 9.22. The van der Waals surface area contributed by atoms with E-state index in [9.17, 15) is 0 Å². The maximum atomic E-state index is 3.85. The van der Waals surface area contributed by atoms with E-state index in [2.05, 4.69) is 98.1 Å². The Morgan fingerprint density at radius 2 is 1.46 bits per heavy atom. The lowest BCUT2D eigenvalue weighted by Gasteiger charge is -2.05. The van der Waals surface area contributed by atoms with Crippen molar-refractivity contribution < 1.29 is 0 Å². The minimum atomic E-state index is 0.144. The van der Waals surface area contributed by atoms with E-state index < -0.39 is 0 Å². The first-order valence-corrected chi connectivity index (χ1v) is 11.6. The van der Waals surface area contributed by atoms with Crippen LogP contribution in [0.4, 0.5) is 0 Å². The number of rotatable bonds is 11. The molecule has 0 fully saturated rings. The van der Waals surface area contributed by atoms with Crippen molar-refractivity contribution in [3.63, 3.8) is 0 Å². The van der Waals surface area contributed by atoms with E-state index in [0.29, 0.717) is 0 Å². The van der Waals surface area contributed by atoms with Crippen LogP contribution in [0.25, 0.3) is 0 Å². The van der Waals surface area contributed by atoms with Gasteiger partial charge in [0, 0.05) is 20.7 Å². The first-order chi connectivity index (χ1) is 13.8. The van der Waals surface area contributed by atoms with Crippen LogP contribution in [-0.2, 0) is 10.9 Å². The first kappa shape index (κ1) is 21.9. The zero-order valence-electron chi connectivity index (χ0n) is 16.1. The highest BCUT2D eigenvalue weighted by atomic mass is 32.2. The molecule has 2 rings (SSSR count). The highest BCUT2D eigenvalue weighted by molar-refractivity contribution is 8.03. The zero-order valence-corrected chi connectivity index (χ0v) is 17.7. The van der Waals surface area contributed by atoms with Gasteiger partial charge in [-0.2, -0.15) is 0 Å². The second-order valence-electron chi connectivity index (χ2n) is 5.81. The maximum Gasteiger partial charge on any atom is 0.155 e. The molecule has 1 unspecified atom stereocenters. The van der Waals surface area contributed by atoms with Crippen molar-refractivity contribution in [3.05, 3.63) is 133 Å². The third-order valence-electron chi connectivity index (χ3n) is 3.71. The minimum Gasteiger partial charge on any atom is -0.0991 e. The van der Waals surface area contributed by atoms with Crippen molar-refractivity contribution in [3.8, 4) is 0 Å². The van der Waals surface area contributed by atoms with Crippen LogP contribution >= 0.6 is 11.8 Å². The molecule has 28 heavy (non-hydrogen) atoms. The topological polar surface area (TPSA) is 0 Å². The molecule has 0 aliphatic heterocycles. The lowest BCUT2D eigenvalue weighted by molar-refractivity contribution is 1.42. The molecule has 1 atom stereocenters. The lowest BCUT2D eigenvalue weighted by Crippen LogP contribution is -2.09. The Kier molecular flexibility index (Phi) is 10.7. The van der Waals surface area contributed by atoms with Crippen molar-refractivity contribution >= 4 is 22.7 Å². The molecular weight excluding hydrogens is 376 g/mol. The summed E-state index contributed by atoms with van der Waals surface area (Å²) in [5, 5.41) is 0. The third-order valence-corrected chi connectivity index (χ3v) is 6.85. The van der Waals surface area contributed by atoms with E-state index in [0.717, 1.165) is 11.5 Å². The van der Waals surface area contributed by atoms with E-state index in [-0.39, 0.29) is 10.9 Å². The van der Waals surface area contributed by atoms with Gasteiger partial charge in [-0.1, -0.05) is 91.7 Å². The summed E-state index contributed by atoms with van der Waals surface area (Å²) < 4.78 is 0. The van der Waals surface area contributed by atoms with E-state index in [4.69, 9.17) is 0 Å². The Morgan fingerprint density at radius 1 is 0.786 bits per heavy atom. The Balaban J connectivity index is 2.05. The predicted octanol–water partition coefficient (Wildman–Crippen LogP) is 7.38. The second kappa shape index (κ2) is 13.7. The number of allylic oxidation sites excluding steroid dienone is 7. The molecule has 0 amide bonds. The molecule has 0 aliphatic rings. The Morgan fingerprint density at radius 3 is 2.14 bits per heavy atom. The average Bonchev–Trinajstić information content (AvgIpc) is 2.74. The van der Waals surface area contributed by atoms with Gasteiger partial charge in [-0.3, -0.25) is 0 Å².